The zero-order valence-corrected chi connectivity index (χ0v) is 12.6. The van der Waals surface area contributed by atoms with Crippen LogP contribution in [0.3, 0.4) is 0 Å². The molecule has 5 heteroatoms. The van der Waals surface area contributed by atoms with E-state index in [-0.39, 0.29) is 11.8 Å². The van der Waals surface area contributed by atoms with Crippen molar-refractivity contribution in [1.29, 1.82) is 0 Å². The lowest BCUT2D eigenvalue weighted by molar-refractivity contribution is -0.137. The van der Waals surface area contributed by atoms with Gasteiger partial charge in [-0.2, -0.15) is 0 Å². The summed E-state index contributed by atoms with van der Waals surface area (Å²) in [4.78, 5) is 30.6. The van der Waals surface area contributed by atoms with Crippen LogP contribution in [0.25, 0.3) is 0 Å². The van der Waals surface area contributed by atoms with E-state index in [0.717, 1.165) is 5.56 Å². The number of nitrogens with zero attached hydrogens (tertiary/aromatic N) is 2. The number of amides is 2. The van der Waals surface area contributed by atoms with Gasteiger partial charge in [-0.25, -0.2) is 0 Å². The van der Waals surface area contributed by atoms with E-state index in [0.29, 0.717) is 31.0 Å². The molecule has 0 unspecified atom stereocenters. The van der Waals surface area contributed by atoms with Crippen molar-refractivity contribution in [3.8, 4) is 0 Å². The Bertz CT molecular complexity index is 754. The molecule has 1 N–H and O–H groups in total. The van der Waals surface area contributed by atoms with Crippen molar-refractivity contribution in [2.75, 3.05) is 13.1 Å². The fourth-order valence-electron chi connectivity index (χ4n) is 3.30. The standard InChI is InChI=1S/C18H17N3O2/c22-17-15-4-2-1-3-13(15)9-16(20-17)18(23)21-10-14(11-21)12-5-7-19-8-6-12/h1-8,14,16H,9-11H2,(H,20,22)/t16-/m0/s1. The van der Waals surface area contributed by atoms with Crippen LogP contribution in [0.1, 0.15) is 27.4 Å². The number of carbonyl (C=O) groups is 2. The lowest BCUT2D eigenvalue weighted by atomic mass is 9.89. The molecule has 2 amide bonds. The molecule has 0 radical (unpaired) electrons. The molecule has 0 aliphatic carbocycles. The zero-order chi connectivity index (χ0) is 15.8. The maximum absolute atomic E-state index is 12.6. The van der Waals surface area contributed by atoms with Gasteiger partial charge in [0.1, 0.15) is 6.04 Å². The predicted molar refractivity (Wildman–Crippen MR) is 85.0 cm³/mol. The minimum atomic E-state index is -0.448. The molecule has 2 aliphatic rings. The summed E-state index contributed by atoms with van der Waals surface area (Å²) in [5, 5.41) is 2.84. The molecule has 116 valence electrons. The maximum atomic E-state index is 12.6. The number of aromatic nitrogens is 1. The third-order valence-corrected chi connectivity index (χ3v) is 4.66. The fraction of sp³-hybridized carbons (Fsp3) is 0.278. The fourth-order valence-corrected chi connectivity index (χ4v) is 3.30. The molecule has 1 aromatic carbocycles. The third kappa shape index (κ3) is 2.48. The van der Waals surface area contributed by atoms with Crippen molar-refractivity contribution >= 4 is 11.8 Å². The van der Waals surface area contributed by atoms with Gasteiger partial charge < -0.3 is 10.2 Å². The van der Waals surface area contributed by atoms with Gasteiger partial charge in [0, 0.05) is 43.4 Å². The van der Waals surface area contributed by atoms with E-state index < -0.39 is 6.04 Å². The van der Waals surface area contributed by atoms with E-state index in [1.807, 2.05) is 35.2 Å². The Morgan fingerprint density at radius 2 is 1.87 bits per heavy atom. The number of fused-ring (bicyclic) bond motifs is 1. The molecule has 1 fully saturated rings. The second-order valence-corrected chi connectivity index (χ2v) is 6.11. The lowest BCUT2D eigenvalue weighted by Gasteiger charge is -2.42. The van der Waals surface area contributed by atoms with Crippen LogP contribution in [0.2, 0.25) is 0 Å². The summed E-state index contributed by atoms with van der Waals surface area (Å²) in [5.74, 6) is 0.225. The van der Waals surface area contributed by atoms with Gasteiger partial charge in [-0.1, -0.05) is 18.2 Å². The van der Waals surface area contributed by atoms with Crippen LogP contribution in [-0.4, -0.2) is 40.8 Å². The number of hydrogen-bond acceptors (Lipinski definition) is 3. The number of likely N-dealkylation sites (tertiary alicyclic amines) is 1. The quantitative estimate of drug-likeness (QED) is 0.911. The van der Waals surface area contributed by atoms with E-state index in [1.54, 1.807) is 18.5 Å². The Hall–Kier alpha value is -2.69. The summed E-state index contributed by atoms with van der Waals surface area (Å²) in [6.07, 6.45) is 4.12. The van der Waals surface area contributed by atoms with Crippen LogP contribution in [0, 0.1) is 0 Å². The summed E-state index contributed by atoms with van der Waals surface area (Å²) in [5.41, 5.74) is 2.83. The van der Waals surface area contributed by atoms with Crippen molar-refractivity contribution in [2.45, 2.75) is 18.4 Å². The van der Waals surface area contributed by atoms with Crippen LogP contribution in [-0.2, 0) is 11.2 Å². The highest BCUT2D eigenvalue weighted by atomic mass is 16.2. The highest BCUT2D eigenvalue weighted by Gasteiger charge is 2.37. The first kappa shape index (κ1) is 13.9. The highest BCUT2D eigenvalue weighted by Crippen LogP contribution is 2.28. The normalized spacial score (nSPS) is 20.4. The Balaban J connectivity index is 1.43. The third-order valence-electron chi connectivity index (χ3n) is 4.66. The Morgan fingerprint density at radius 3 is 2.65 bits per heavy atom. The summed E-state index contributed by atoms with van der Waals surface area (Å²) in [7, 11) is 0. The first-order valence-corrected chi connectivity index (χ1v) is 7.80. The van der Waals surface area contributed by atoms with Gasteiger partial charge in [-0.15, -0.1) is 0 Å². The van der Waals surface area contributed by atoms with Crippen LogP contribution in [0.5, 0.6) is 0 Å². The highest BCUT2D eigenvalue weighted by molar-refractivity contribution is 6.00. The second-order valence-electron chi connectivity index (χ2n) is 6.11. The minimum Gasteiger partial charge on any atom is -0.340 e. The molecular weight excluding hydrogens is 290 g/mol. The van der Waals surface area contributed by atoms with Gasteiger partial charge in [-0.3, -0.25) is 14.6 Å². The van der Waals surface area contributed by atoms with Crippen LogP contribution in [0.4, 0.5) is 0 Å². The summed E-state index contributed by atoms with van der Waals surface area (Å²) in [6.45, 7) is 1.41. The SMILES string of the molecule is O=C1N[C@H](C(=O)N2CC(c3ccncc3)C2)Cc2ccccc21. The Labute approximate surface area is 134 Å². The molecule has 2 aromatic rings. The summed E-state index contributed by atoms with van der Waals surface area (Å²) in [6, 6.07) is 11.0. The molecular formula is C18H17N3O2. The van der Waals surface area contributed by atoms with Gasteiger partial charge in [0.2, 0.25) is 5.91 Å². The molecule has 5 nitrogen and oxygen atoms in total. The van der Waals surface area contributed by atoms with E-state index in [9.17, 15) is 9.59 Å². The van der Waals surface area contributed by atoms with Gasteiger partial charge >= 0.3 is 0 Å². The zero-order valence-electron chi connectivity index (χ0n) is 12.6. The Kier molecular flexibility index (Phi) is 3.33. The molecule has 0 spiro atoms. The minimum absolute atomic E-state index is 0.0122. The number of carbonyl (C=O) groups excluding carboxylic acids is 2. The molecule has 23 heavy (non-hydrogen) atoms. The van der Waals surface area contributed by atoms with Crippen LogP contribution >= 0.6 is 0 Å². The van der Waals surface area contributed by atoms with Gasteiger partial charge in [0.25, 0.3) is 5.91 Å². The van der Waals surface area contributed by atoms with Crippen molar-refractivity contribution in [1.82, 2.24) is 15.2 Å². The lowest BCUT2D eigenvalue weighted by Crippen LogP contribution is -2.58. The Morgan fingerprint density at radius 1 is 1.13 bits per heavy atom. The number of nitrogens with one attached hydrogen (secondary N) is 1. The van der Waals surface area contributed by atoms with Gasteiger partial charge in [0.15, 0.2) is 0 Å². The monoisotopic (exact) mass is 307 g/mol. The average molecular weight is 307 g/mol. The maximum Gasteiger partial charge on any atom is 0.252 e. The largest absolute Gasteiger partial charge is 0.340 e. The van der Waals surface area contributed by atoms with E-state index in [1.165, 1.54) is 5.56 Å². The molecule has 4 rings (SSSR count). The first-order chi connectivity index (χ1) is 11.2. The average Bonchev–Trinajstić information content (AvgIpc) is 2.54. The van der Waals surface area contributed by atoms with E-state index in [4.69, 9.17) is 0 Å². The van der Waals surface area contributed by atoms with E-state index in [2.05, 4.69) is 10.3 Å². The van der Waals surface area contributed by atoms with Gasteiger partial charge in [0.05, 0.1) is 0 Å². The molecule has 1 saturated heterocycles. The van der Waals surface area contributed by atoms with E-state index >= 15 is 0 Å². The number of rotatable bonds is 2. The number of pyridine rings is 1. The van der Waals surface area contributed by atoms with Crippen LogP contribution in [0.15, 0.2) is 48.8 Å². The number of benzene rings is 1. The van der Waals surface area contributed by atoms with Crippen molar-refractivity contribution in [3.63, 3.8) is 0 Å². The molecule has 3 heterocycles. The van der Waals surface area contributed by atoms with Gasteiger partial charge in [-0.05, 0) is 29.3 Å². The molecule has 0 saturated carbocycles. The summed E-state index contributed by atoms with van der Waals surface area (Å²) < 4.78 is 0. The molecule has 1 atom stereocenters. The smallest absolute Gasteiger partial charge is 0.252 e. The van der Waals surface area contributed by atoms with Crippen molar-refractivity contribution in [2.24, 2.45) is 0 Å². The first-order valence-electron chi connectivity index (χ1n) is 7.80. The topological polar surface area (TPSA) is 62.3 Å². The van der Waals surface area contributed by atoms with Crippen LogP contribution < -0.4 is 5.32 Å². The van der Waals surface area contributed by atoms with Crippen molar-refractivity contribution in [3.05, 3.63) is 65.5 Å². The van der Waals surface area contributed by atoms with Crippen molar-refractivity contribution < 1.29 is 9.59 Å². The molecule has 0 bridgehead atoms. The summed E-state index contributed by atoms with van der Waals surface area (Å²) >= 11 is 0. The number of hydrogen-bond donors (Lipinski definition) is 1. The molecule has 1 aromatic heterocycles. The molecule has 2 aliphatic heterocycles. The predicted octanol–water partition coefficient (Wildman–Crippen LogP) is 1.36. The second kappa shape index (κ2) is 5.50.